The number of ether oxygens (including phenoxy) is 1. The summed E-state index contributed by atoms with van der Waals surface area (Å²) in [5.74, 6) is 1.10. The van der Waals surface area contributed by atoms with Gasteiger partial charge in [0.25, 0.3) is 0 Å². The van der Waals surface area contributed by atoms with Crippen LogP contribution in [0.15, 0.2) is 107 Å². The molecule has 0 saturated heterocycles. The van der Waals surface area contributed by atoms with Gasteiger partial charge in [0.05, 0.1) is 5.57 Å². The van der Waals surface area contributed by atoms with Crippen LogP contribution in [0.3, 0.4) is 0 Å². The predicted octanol–water partition coefficient (Wildman–Crippen LogP) is 10.2. The highest BCUT2D eigenvalue weighted by Crippen LogP contribution is 2.55. The molecule has 0 aromatic heterocycles. The first-order chi connectivity index (χ1) is 18.7. The molecule has 1 saturated carbocycles. The quantitative estimate of drug-likeness (QED) is 0.191. The minimum atomic E-state index is -3.59. The van der Waals surface area contributed by atoms with E-state index < -0.39 is 16.9 Å². The van der Waals surface area contributed by atoms with Gasteiger partial charge in [-0.2, -0.15) is 8.78 Å². The van der Waals surface area contributed by atoms with E-state index in [9.17, 15) is 10.2 Å². The van der Waals surface area contributed by atoms with Gasteiger partial charge >= 0.3 is 6.11 Å². The Bertz CT molecular complexity index is 1290. The van der Waals surface area contributed by atoms with Crippen LogP contribution in [-0.2, 0) is 4.74 Å². The topological polar surface area (TPSA) is 49.7 Å². The zero-order valence-electron chi connectivity index (χ0n) is 24.1. The molecule has 0 bridgehead atoms. The van der Waals surface area contributed by atoms with Gasteiger partial charge in [0, 0.05) is 16.2 Å². The maximum Gasteiger partial charge on any atom is 0.426 e. The molecule has 40 heavy (non-hydrogen) atoms. The van der Waals surface area contributed by atoms with E-state index in [1.807, 2.05) is 39.0 Å². The standard InChI is InChI=1S/C34H41F2IO3/c1-6-23-16-30(23)33(5)21-28(39)12-13-29(22-33)40-34(35,36)26-10-8-24(17-31(2,3)19-26)25-9-11-27(38)20-32(4,18-25)14-7-15-37/h8-13,17-23,30,38-39H,6-7,14-16H2,1-5H3. The zero-order chi connectivity index (χ0) is 29.3. The minimum Gasteiger partial charge on any atom is -0.508 e. The van der Waals surface area contributed by atoms with Crippen molar-refractivity contribution in [3.05, 3.63) is 107 Å². The van der Waals surface area contributed by atoms with E-state index in [0.717, 1.165) is 41.3 Å². The molecule has 4 aliphatic carbocycles. The van der Waals surface area contributed by atoms with Crippen molar-refractivity contribution in [2.24, 2.45) is 28.1 Å². The normalized spacial score (nSPS) is 31.5. The Labute approximate surface area is 251 Å². The van der Waals surface area contributed by atoms with Crippen LogP contribution in [0.4, 0.5) is 8.78 Å². The highest BCUT2D eigenvalue weighted by Gasteiger charge is 2.48. The molecule has 0 aromatic rings. The second kappa shape index (κ2) is 11.5. The van der Waals surface area contributed by atoms with Crippen molar-refractivity contribution in [1.29, 1.82) is 0 Å². The lowest BCUT2D eigenvalue weighted by Gasteiger charge is -2.26. The summed E-state index contributed by atoms with van der Waals surface area (Å²) < 4.78 is 38.1. The fourth-order valence-corrected chi connectivity index (χ4v) is 6.51. The maximum atomic E-state index is 15.8. The molecular weight excluding hydrogens is 621 g/mol. The average Bonchev–Trinajstić information content (AvgIpc) is 3.68. The summed E-state index contributed by atoms with van der Waals surface area (Å²) in [6.07, 6.45) is 20.8. The van der Waals surface area contributed by atoms with Crippen molar-refractivity contribution in [2.45, 2.75) is 66.4 Å². The van der Waals surface area contributed by atoms with Crippen molar-refractivity contribution in [3.63, 3.8) is 0 Å². The Morgan fingerprint density at radius 3 is 2.20 bits per heavy atom. The molecule has 1 fully saturated rings. The molecule has 0 aromatic carbocycles. The van der Waals surface area contributed by atoms with Gasteiger partial charge < -0.3 is 14.9 Å². The number of aliphatic hydroxyl groups is 2. The molecule has 6 heteroatoms. The zero-order valence-corrected chi connectivity index (χ0v) is 26.2. The van der Waals surface area contributed by atoms with Crippen molar-refractivity contribution in [3.8, 4) is 0 Å². The van der Waals surface area contributed by atoms with Gasteiger partial charge in [0.1, 0.15) is 17.3 Å². The average molecular weight is 663 g/mol. The Morgan fingerprint density at radius 1 is 0.875 bits per heavy atom. The largest absolute Gasteiger partial charge is 0.508 e. The summed E-state index contributed by atoms with van der Waals surface area (Å²) in [6.45, 7) is 9.96. The second-order valence-corrected chi connectivity index (χ2v) is 13.7. The molecule has 4 atom stereocenters. The smallest absolute Gasteiger partial charge is 0.426 e. The molecule has 2 N–H and O–H groups in total. The van der Waals surface area contributed by atoms with Crippen LogP contribution < -0.4 is 0 Å². The molecule has 4 aliphatic rings. The van der Waals surface area contributed by atoms with E-state index in [1.54, 1.807) is 30.4 Å². The van der Waals surface area contributed by atoms with E-state index in [0.29, 0.717) is 5.92 Å². The van der Waals surface area contributed by atoms with Gasteiger partial charge in [-0.25, -0.2) is 0 Å². The van der Waals surface area contributed by atoms with Crippen LogP contribution in [-0.4, -0.2) is 20.7 Å². The predicted molar refractivity (Wildman–Crippen MR) is 167 cm³/mol. The number of hydrogen-bond acceptors (Lipinski definition) is 3. The first kappa shape index (κ1) is 30.6. The van der Waals surface area contributed by atoms with Crippen LogP contribution in [0, 0.1) is 28.1 Å². The first-order valence-corrected chi connectivity index (χ1v) is 15.6. The fraction of sp³-hybridized carbons (Fsp3) is 0.471. The Morgan fingerprint density at radius 2 is 1.52 bits per heavy atom. The highest BCUT2D eigenvalue weighted by molar-refractivity contribution is 14.1. The molecule has 4 rings (SSSR count). The number of alkyl halides is 3. The SMILES string of the molecule is CCC1CC1C1(C)C=C(O)C=CC(OC(F)(F)C2=CC(C)(C)C=C(C3=CC(C)(CCCI)C=C(O)C=C3)C=C2)=C1. The molecule has 216 valence electrons. The lowest BCUT2D eigenvalue weighted by molar-refractivity contribution is -0.177. The monoisotopic (exact) mass is 662 g/mol. The molecule has 0 heterocycles. The van der Waals surface area contributed by atoms with E-state index in [1.165, 1.54) is 18.2 Å². The molecule has 0 aliphatic heterocycles. The summed E-state index contributed by atoms with van der Waals surface area (Å²) in [6, 6.07) is 0. The van der Waals surface area contributed by atoms with Gasteiger partial charge in [0.15, 0.2) is 0 Å². The minimum absolute atomic E-state index is 0.0427. The van der Waals surface area contributed by atoms with Crippen molar-refractivity contribution in [1.82, 2.24) is 0 Å². The first-order valence-electron chi connectivity index (χ1n) is 14.1. The van der Waals surface area contributed by atoms with Gasteiger partial charge in [-0.3, -0.25) is 0 Å². The van der Waals surface area contributed by atoms with Gasteiger partial charge in [-0.1, -0.05) is 94.0 Å². The number of aliphatic hydroxyl groups excluding tert-OH is 2. The number of allylic oxidation sites excluding steroid dienone is 13. The number of halogens is 3. The van der Waals surface area contributed by atoms with E-state index in [4.69, 9.17) is 4.74 Å². The van der Waals surface area contributed by atoms with E-state index >= 15 is 8.78 Å². The summed E-state index contributed by atoms with van der Waals surface area (Å²) in [4.78, 5) is 0. The summed E-state index contributed by atoms with van der Waals surface area (Å²) in [5, 5.41) is 20.7. The molecule has 4 unspecified atom stereocenters. The third-order valence-corrected chi connectivity index (χ3v) is 9.00. The second-order valence-electron chi connectivity index (χ2n) is 12.6. The Balaban J connectivity index is 1.62. The van der Waals surface area contributed by atoms with Gasteiger partial charge in [-0.05, 0) is 89.2 Å². The van der Waals surface area contributed by atoms with Crippen LogP contribution in [0.1, 0.15) is 60.3 Å². The van der Waals surface area contributed by atoms with Crippen LogP contribution in [0.2, 0.25) is 0 Å². The Kier molecular flexibility index (Phi) is 8.80. The van der Waals surface area contributed by atoms with Crippen molar-refractivity contribution >= 4 is 22.6 Å². The number of rotatable bonds is 9. The van der Waals surface area contributed by atoms with Crippen LogP contribution in [0.25, 0.3) is 0 Å². The molecule has 0 radical (unpaired) electrons. The highest BCUT2D eigenvalue weighted by atomic mass is 127. The van der Waals surface area contributed by atoms with Crippen molar-refractivity contribution < 1.29 is 23.7 Å². The maximum absolute atomic E-state index is 15.8. The van der Waals surface area contributed by atoms with Crippen LogP contribution in [0.5, 0.6) is 0 Å². The summed E-state index contributed by atoms with van der Waals surface area (Å²) in [7, 11) is 0. The summed E-state index contributed by atoms with van der Waals surface area (Å²) >= 11 is 2.35. The lowest BCUT2D eigenvalue weighted by Crippen LogP contribution is -2.25. The van der Waals surface area contributed by atoms with Crippen LogP contribution >= 0.6 is 22.6 Å². The molecular formula is C34H41F2IO3. The van der Waals surface area contributed by atoms with E-state index in [2.05, 4.69) is 42.5 Å². The van der Waals surface area contributed by atoms with E-state index in [-0.39, 0.29) is 34.2 Å². The summed E-state index contributed by atoms with van der Waals surface area (Å²) in [5.41, 5.74) is -0.164. The van der Waals surface area contributed by atoms with Gasteiger partial charge in [0.2, 0.25) is 0 Å². The molecule has 3 nitrogen and oxygen atoms in total. The third kappa shape index (κ3) is 7.29. The number of hydrogen-bond donors (Lipinski definition) is 2. The lowest BCUT2D eigenvalue weighted by atomic mass is 9.82. The Hall–Kier alpha value is -2.35. The fourth-order valence-electron chi connectivity index (χ4n) is 6.13. The van der Waals surface area contributed by atoms with Gasteiger partial charge in [-0.15, -0.1) is 0 Å². The third-order valence-electron chi connectivity index (χ3n) is 8.23. The molecule has 0 spiro atoms. The van der Waals surface area contributed by atoms with Crippen molar-refractivity contribution in [2.75, 3.05) is 4.43 Å². The molecule has 0 amide bonds.